The number of hydrogen-bond donors (Lipinski definition) is 1. The van der Waals surface area contributed by atoms with E-state index in [1.54, 1.807) is 6.92 Å². The average molecular weight is 318 g/mol. The minimum atomic E-state index is -3.02. The summed E-state index contributed by atoms with van der Waals surface area (Å²) in [7, 11) is 2.59. The molecule has 1 amide bonds. The second-order valence-corrected chi connectivity index (χ2v) is 3.72. The molecule has 0 unspecified atom stereocenters. The lowest BCUT2D eigenvalue weighted by Gasteiger charge is -2.14. The first-order valence-electron chi connectivity index (χ1n) is 6.18. The average Bonchev–Trinajstić information content (AvgIpc) is 2.48. The van der Waals surface area contributed by atoms with Gasteiger partial charge in [-0.15, -0.1) is 0 Å². The normalized spacial score (nSPS) is 10.6. The Morgan fingerprint density at radius 3 is 2.36 bits per heavy atom. The number of alkyl halides is 2. The molecule has 0 atom stereocenters. The number of benzene rings is 1. The maximum absolute atomic E-state index is 12.4. The highest BCUT2D eigenvalue weighted by Gasteiger charge is 2.17. The molecule has 0 fully saturated rings. The minimum absolute atomic E-state index is 0.0391. The first kappa shape index (κ1) is 17.5. The Kier molecular flexibility index (Phi) is 6.87. The topological polar surface area (TPSA) is 78.4 Å². The summed E-state index contributed by atoms with van der Waals surface area (Å²) < 4.78 is 43.7. The fourth-order valence-electron chi connectivity index (χ4n) is 1.50. The van der Waals surface area contributed by atoms with E-state index in [0.717, 1.165) is 0 Å². The summed E-state index contributed by atoms with van der Waals surface area (Å²) in [4.78, 5) is 11.1. The van der Waals surface area contributed by atoms with Crippen LogP contribution in [0.4, 0.5) is 13.6 Å². The van der Waals surface area contributed by atoms with Gasteiger partial charge in [0.05, 0.1) is 27.0 Å². The molecular formula is C13H16F2N2O5. The minimum Gasteiger partial charge on any atom is -0.493 e. The van der Waals surface area contributed by atoms with Crippen molar-refractivity contribution in [2.75, 3.05) is 20.8 Å². The molecule has 1 aromatic rings. The zero-order valence-corrected chi connectivity index (χ0v) is 12.3. The number of amides is 1. The van der Waals surface area contributed by atoms with Crippen LogP contribution in [-0.4, -0.2) is 39.7 Å². The van der Waals surface area contributed by atoms with Crippen LogP contribution in [0.15, 0.2) is 17.2 Å². The highest BCUT2D eigenvalue weighted by Crippen LogP contribution is 2.39. The van der Waals surface area contributed by atoms with Crippen LogP contribution in [-0.2, 0) is 4.74 Å². The Morgan fingerprint density at radius 1 is 1.32 bits per heavy atom. The van der Waals surface area contributed by atoms with Gasteiger partial charge in [0.25, 0.3) is 0 Å². The van der Waals surface area contributed by atoms with E-state index in [4.69, 9.17) is 9.47 Å². The highest BCUT2D eigenvalue weighted by molar-refractivity contribution is 5.83. The van der Waals surface area contributed by atoms with Gasteiger partial charge in [0.15, 0.2) is 11.5 Å². The predicted molar refractivity (Wildman–Crippen MR) is 73.9 cm³/mol. The molecule has 9 heteroatoms. The number of hydrogen-bond acceptors (Lipinski definition) is 6. The third kappa shape index (κ3) is 5.08. The fraction of sp³-hybridized carbons (Fsp3) is 0.385. The molecule has 7 nitrogen and oxygen atoms in total. The summed E-state index contributed by atoms with van der Waals surface area (Å²) in [6, 6.07) is 2.80. The van der Waals surface area contributed by atoms with E-state index in [9.17, 15) is 13.6 Å². The van der Waals surface area contributed by atoms with E-state index in [-0.39, 0.29) is 23.9 Å². The molecule has 1 N–H and O–H groups in total. The molecule has 0 saturated heterocycles. The first-order valence-corrected chi connectivity index (χ1v) is 6.18. The zero-order chi connectivity index (χ0) is 16.5. The lowest BCUT2D eigenvalue weighted by atomic mass is 10.2. The number of nitrogens with one attached hydrogen (secondary N) is 1. The van der Waals surface area contributed by atoms with Crippen LogP contribution in [0, 0.1) is 0 Å². The van der Waals surface area contributed by atoms with Gasteiger partial charge in [0.2, 0.25) is 5.75 Å². The van der Waals surface area contributed by atoms with Crippen LogP contribution in [0.3, 0.4) is 0 Å². The molecule has 22 heavy (non-hydrogen) atoms. The zero-order valence-electron chi connectivity index (χ0n) is 12.3. The quantitative estimate of drug-likeness (QED) is 0.617. The second kappa shape index (κ2) is 8.65. The van der Waals surface area contributed by atoms with Crippen LogP contribution < -0.4 is 19.6 Å². The van der Waals surface area contributed by atoms with Gasteiger partial charge < -0.3 is 18.9 Å². The summed E-state index contributed by atoms with van der Waals surface area (Å²) in [6.07, 6.45) is 0.559. The first-order chi connectivity index (χ1) is 10.5. The van der Waals surface area contributed by atoms with Crippen molar-refractivity contribution in [2.24, 2.45) is 5.10 Å². The molecule has 0 aliphatic rings. The Labute approximate surface area is 125 Å². The van der Waals surface area contributed by atoms with Gasteiger partial charge in [-0.05, 0) is 19.1 Å². The summed E-state index contributed by atoms with van der Waals surface area (Å²) in [6.45, 7) is -1.16. The molecule has 0 bridgehead atoms. The monoisotopic (exact) mass is 318 g/mol. The molecule has 0 spiro atoms. The number of ether oxygens (including phenoxy) is 4. The van der Waals surface area contributed by atoms with Crippen LogP contribution >= 0.6 is 0 Å². The molecule has 0 radical (unpaired) electrons. The maximum atomic E-state index is 12.4. The second-order valence-electron chi connectivity index (χ2n) is 3.72. The number of hydrazone groups is 1. The van der Waals surface area contributed by atoms with Gasteiger partial charge in [0.1, 0.15) is 0 Å². The van der Waals surface area contributed by atoms with E-state index in [1.807, 2.05) is 0 Å². The van der Waals surface area contributed by atoms with Crippen molar-refractivity contribution in [2.45, 2.75) is 13.5 Å². The number of methoxy groups -OCH3 is 2. The van der Waals surface area contributed by atoms with E-state index >= 15 is 0 Å². The molecule has 0 saturated carbocycles. The van der Waals surface area contributed by atoms with E-state index in [1.165, 1.54) is 32.6 Å². The summed E-state index contributed by atoms with van der Waals surface area (Å²) in [5.74, 6) is -0.148. The van der Waals surface area contributed by atoms with Gasteiger partial charge in [-0.2, -0.15) is 13.9 Å². The number of carbonyl (C=O) groups is 1. The van der Waals surface area contributed by atoms with Crippen LogP contribution in [0.1, 0.15) is 12.5 Å². The lowest BCUT2D eigenvalue weighted by molar-refractivity contribution is -0.0526. The molecule has 1 aromatic carbocycles. The standard InChI is InChI=1S/C13H16F2N2O5/c1-4-21-13(18)17-16-7-8-5-9(19-2)11(22-12(14)15)10(6-8)20-3/h5-7,12H,4H2,1-3H3,(H,17,18)/b16-7-. The molecule has 1 rings (SSSR count). The van der Waals surface area contributed by atoms with Gasteiger partial charge in [-0.25, -0.2) is 10.2 Å². The Bertz CT molecular complexity index is 512. The van der Waals surface area contributed by atoms with Crippen molar-refractivity contribution >= 4 is 12.3 Å². The number of halogens is 2. The Morgan fingerprint density at radius 2 is 1.91 bits per heavy atom. The Balaban J connectivity index is 2.97. The van der Waals surface area contributed by atoms with Crippen LogP contribution in [0.25, 0.3) is 0 Å². The van der Waals surface area contributed by atoms with Crippen molar-refractivity contribution in [3.63, 3.8) is 0 Å². The lowest BCUT2D eigenvalue weighted by Crippen LogP contribution is -2.18. The van der Waals surface area contributed by atoms with Crippen molar-refractivity contribution < 1.29 is 32.5 Å². The summed E-state index contributed by atoms with van der Waals surface area (Å²) in [5.41, 5.74) is 2.57. The number of nitrogens with zero attached hydrogens (tertiary/aromatic N) is 1. The van der Waals surface area contributed by atoms with Gasteiger partial charge in [-0.1, -0.05) is 0 Å². The third-order valence-electron chi connectivity index (χ3n) is 2.33. The number of carbonyl (C=O) groups excluding carboxylic acids is 1. The SMILES string of the molecule is CCOC(=O)N/N=C\c1cc(OC)c(OC(F)F)c(OC)c1. The smallest absolute Gasteiger partial charge is 0.427 e. The molecule has 0 aliphatic carbocycles. The van der Waals surface area contributed by atoms with Crippen molar-refractivity contribution in [1.29, 1.82) is 0 Å². The summed E-state index contributed by atoms with van der Waals surface area (Å²) in [5, 5.41) is 3.65. The van der Waals surface area contributed by atoms with Crippen LogP contribution in [0.2, 0.25) is 0 Å². The third-order valence-corrected chi connectivity index (χ3v) is 2.33. The predicted octanol–water partition coefficient (Wildman–Crippen LogP) is 2.39. The van der Waals surface area contributed by atoms with E-state index in [2.05, 4.69) is 20.0 Å². The van der Waals surface area contributed by atoms with Crippen LogP contribution in [0.5, 0.6) is 17.2 Å². The molecule has 122 valence electrons. The molecular weight excluding hydrogens is 302 g/mol. The van der Waals surface area contributed by atoms with Crippen molar-refractivity contribution in [3.05, 3.63) is 17.7 Å². The Hall–Kier alpha value is -2.58. The van der Waals surface area contributed by atoms with E-state index in [0.29, 0.717) is 5.56 Å². The largest absolute Gasteiger partial charge is 0.493 e. The van der Waals surface area contributed by atoms with Gasteiger partial charge in [-0.3, -0.25) is 0 Å². The highest BCUT2D eigenvalue weighted by atomic mass is 19.3. The van der Waals surface area contributed by atoms with E-state index < -0.39 is 12.7 Å². The summed E-state index contributed by atoms with van der Waals surface area (Å²) >= 11 is 0. The molecule has 0 aromatic heterocycles. The molecule has 0 aliphatic heterocycles. The maximum Gasteiger partial charge on any atom is 0.427 e. The van der Waals surface area contributed by atoms with Crippen molar-refractivity contribution in [1.82, 2.24) is 5.43 Å². The fourth-order valence-corrected chi connectivity index (χ4v) is 1.50. The van der Waals surface area contributed by atoms with Crippen molar-refractivity contribution in [3.8, 4) is 17.2 Å². The van der Waals surface area contributed by atoms with Gasteiger partial charge >= 0.3 is 12.7 Å². The number of rotatable bonds is 7. The molecule has 0 heterocycles. The van der Waals surface area contributed by atoms with Gasteiger partial charge in [0, 0.05) is 5.56 Å².